The predicted octanol–water partition coefficient (Wildman–Crippen LogP) is 1.07. The number of carbonyl (C=O) groups is 1. The molecule has 1 saturated heterocycles. The fraction of sp³-hybridized carbons (Fsp3) is 0.407. The van der Waals surface area contributed by atoms with Crippen molar-refractivity contribution in [2.75, 3.05) is 24.5 Å². The highest BCUT2D eigenvalue weighted by atomic mass is 16.3. The zero-order chi connectivity index (χ0) is 26.3. The Labute approximate surface area is 220 Å². The summed E-state index contributed by atoms with van der Waals surface area (Å²) in [6, 6.07) is 12.7. The third-order valence-corrected chi connectivity index (χ3v) is 7.59. The van der Waals surface area contributed by atoms with Gasteiger partial charge in [0, 0.05) is 44.3 Å². The van der Waals surface area contributed by atoms with E-state index >= 15 is 0 Å². The molecule has 4 heterocycles. The second-order valence-electron chi connectivity index (χ2n) is 10.4. The molecular weight excluding hydrogens is 484 g/mol. The summed E-state index contributed by atoms with van der Waals surface area (Å²) in [5.74, 6) is 0.425. The quantitative estimate of drug-likeness (QED) is 0.300. The van der Waals surface area contributed by atoms with E-state index in [1.807, 2.05) is 33.8 Å². The van der Waals surface area contributed by atoms with E-state index in [1.165, 1.54) is 5.56 Å². The number of benzene rings is 1. The van der Waals surface area contributed by atoms with Crippen LogP contribution >= 0.6 is 0 Å². The van der Waals surface area contributed by atoms with Crippen LogP contribution in [0, 0.1) is 0 Å². The van der Waals surface area contributed by atoms with E-state index in [4.69, 9.17) is 5.73 Å². The molecule has 198 valence electrons. The Morgan fingerprint density at radius 2 is 1.97 bits per heavy atom. The van der Waals surface area contributed by atoms with E-state index in [-0.39, 0.29) is 19.6 Å². The molecule has 2 fully saturated rings. The van der Waals surface area contributed by atoms with Gasteiger partial charge in [0.05, 0.1) is 30.3 Å². The van der Waals surface area contributed by atoms with Crippen molar-refractivity contribution in [3.8, 4) is 5.69 Å². The third kappa shape index (κ3) is 4.87. The van der Waals surface area contributed by atoms with E-state index in [0.29, 0.717) is 19.0 Å². The lowest BCUT2D eigenvalue weighted by molar-refractivity contribution is -0.135. The maximum absolute atomic E-state index is 11.3. The largest absolute Gasteiger partial charge is 0.389 e. The van der Waals surface area contributed by atoms with Crippen LogP contribution in [0.3, 0.4) is 0 Å². The number of aliphatic hydroxyl groups is 2. The summed E-state index contributed by atoms with van der Waals surface area (Å²) < 4.78 is 3.73. The molecule has 1 aromatic carbocycles. The average molecular weight is 517 g/mol. The Morgan fingerprint density at radius 1 is 1.16 bits per heavy atom. The summed E-state index contributed by atoms with van der Waals surface area (Å²) in [4.78, 5) is 24.6. The van der Waals surface area contributed by atoms with Gasteiger partial charge in [-0.1, -0.05) is 12.1 Å². The summed E-state index contributed by atoms with van der Waals surface area (Å²) in [6.07, 6.45) is 8.70. The van der Waals surface area contributed by atoms with Crippen molar-refractivity contribution in [3.05, 3.63) is 66.9 Å². The first-order valence-electron chi connectivity index (χ1n) is 13.0. The van der Waals surface area contributed by atoms with Gasteiger partial charge in [-0.05, 0) is 49.1 Å². The smallest absolute Gasteiger partial charge is 0.231 e. The highest BCUT2D eigenvalue weighted by Crippen LogP contribution is 2.36. The minimum Gasteiger partial charge on any atom is -0.389 e. The molecule has 1 aliphatic carbocycles. The van der Waals surface area contributed by atoms with Crippen LogP contribution < -0.4 is 10.6 Å². The van der Waals surface area contributed by atoms with Crippen LogP contribution in [0.5, 0.6) is 0 Å². The van der Waals surface area contributed by atoms with E-state index < -0.39 is 17.6 Å². The summed E-state index contributed by atoms with van der Waals surface area (Å²) in [5, 5.41) is 27.3. The molecule has 1 saturated carbocycles. The zero-order valence-electron chi connectivity index (χ0n) is 21.1. The van der Waals surface area contributed by atoms with Crippen LogP contribution in [-0.4, -0.2) is 82.7 Å². The molecule has 0 radical (unpaired) electrons. The number of amides is 1. The van der Waals surface area contributed by atoms with Crippen molar-refractivity contribution in [1.82, 2.24) is 29.2 Å². The van der Waals surface area contributed by atoms with Gasteiger partial charge in [-0.3, -0.25) is 9.69 Å². The Hall–Kier alpha value is -3.80. The van der Waals surface area contributed by atoms with Gasteiger partial charge < -0.3 is 25.4 Å². The number of likely N-dealkylation sites (tertiary alicyclic amines) is 1. The minimum absolute atomic E-state index is 0.0686. The molecule has 0 unspecified atom stereocenters. The van der Waals surface area contributed by atoms with Crippen molar-refractivity contribution >= 4 is 22.8 Å². The van der Waals surface area contributed by atoms with Gasteiger partial charge in [0.15, 0.2) is 0 Å². The topological polar surface area (TPSA) is 139 Å². The van der Waals surface area contributed by atoms with E-state index in [0.717, 1.165) is 41.9 Å². The van der Waals surface area contributed by atoms with Crippen LogP contribution in [0.1, 0.15) is 24.8 Å². The molecule has 11 heteroatoms. The number of piperidine rings is 1. The second-order valence-corrected chi connectivity index (χ2v) is 10.4. The number of rotatable bonds is 9. The first kappa shape index (κ1) is 24.5. The molecule has 0 spiro atoms. The van der Waals surface area contributed by atoms with Crippen molar-refractivity contribution in [3.63, 3.8) is 0 Å². The van der Waals surface area contributed by atoms with Gasteiger partial charge >= 0.3 is 0 Å². The van der Waals surface area contributed by atoms with Gasteiger partial charge in [-0.25, -0.2) is 14.6 Å². The molecule has 1 aliphatic heterocycles. The van der Waals surface area contributed by atoms with E-state index in [1.54, 1.807) is 17.4 Å². The number of aromatic nitrogens is 5. The molecule has 2 atom stereocenters. The zero-order valence-corrected chi connectivity index (χ0v) is 21.1. The summed E-state index contributed by atoms with van der Waals surface area (Å²) >= 11 is 0. The molecule has 1 amide bonds. The standard InChI is InChI=1S/C27H32N8O3/c28-24(37)16-32-13-9-27(38,23(36)15-32)17-33-12-8-22-25(33)29-18-30-26(22)34(20-6-7-20)14-19-2-4-21(5-3-19)35-11-1-10-31-35/h1-5,8,10-12,18,20,23,36,38H,6-7,9,13-17H2,(H2,28,37)/t23-,27-/m0/s1. The van der Waals surface area contributed by atoms with Crippen LogP contribution in [0.4, 0.5) is 5.82 Å². The Balaban J connectivity index is 1.23. The lowest BCUT2D eigenvalue weighted by Crippen LogP contribution is -2.58. The molecule has 6 rings (SSSR count). The van der Waals surface area contributed by atoms with Crippen molar-refractivity contribution < 1.29 is 15.0 Å². The fourth-order valence-corrected chi connectivity index (χ4v) is 5.35. The molecule has 0 bridgehead atoms. The van der Waals surface area contributed by atoms with Gasteiger partial charge in [0.2, 0.25) is 5.91 Å². The third-order valence-electron chi connectivity index (χ3n) is 7.59. The Morgan fingerprint density at radius 3 is 2.66 bits per heavy atom. The van der Waals surface area contributed by atoms with Crippen molar-refractivity contribution in [1.29, 1.82) is 0 Å². The van der Waals surface area contributed by atoms with Crippen LogP contribution in [-0.2, 0) is 17.9 Å². The number of nitrogens with zero attached hydrogens (tertiary/aromatic N) is 7. The van der Waals surface area contributed by atoms with Gasteiger partial charge in [0.25, 0.3) is 0 Å². The van der Waals surface area contributed by atoms with Crippen LogP contribution in [0.25, 0.3) is 16.7 Å². The number of hydrogen-bond donors (Lipinski definition) is 3. The van der Waals surface area contributed by atoms with E-state index in [9.17, 15) is 15.0 Å². The Bertz CT molecular complexity index is 1420. The van der Waals surface area contributed by atoms with E-state index in [2.05, 4.69) is 44.2 Å². The number of primary amides is 1. The monoisotopic (exact) mass is 516 g/mol. The molecule has 38 heavy (non-hydrogen) atoms. The summed E-state index contributed by atoms with van der Waals surface area (Å²) in [5.41, 5.74) is 6.87. The van der Waals surface area contributed by atoms with Crippen molar-refractivity contribution in [2.24, 2.45) is 5.73 Å². The van der Waals surface area contributed by atoms with Crippen LogP contribution in [0.15, 0.2) is 61.3 Å². The number of carbonyl (C=O) groups excluding carboxylic acids is 1. The number of β-amino-alcohol motifs (C(OH)–C–C–N with tert-alkyl or cyclic N) is 1. The molecule has 11 nitrogen and oxygen atoms in total. The fourth-order valence-electron chi connectivity index (χ4n) is 5.35. The molecular formula is C27H32N8O3. The molecule has 3 aromatic heterocycles. The number of fused-ring (bicyclic) bond motifs is 1. The average Bonchev–Trinajstić information content (AvgIpc) is 3.43. The second kappa shape index (κ2) is 9.82. The number of hydrogen-bond acceptors (Lipinski definition) is 8. The van der Waals surface area contributed by atoms with Crippen LogP contribution in [0.2, 0.25) is 0 Å². The molecule has 2 aliphatic rings. The summed E-state index contributed by atoms with van der Waals surface area (Å²) in [7, 11) is 0. The lowest BCUT2D eigenvalue weighted by Gasteiger charge is -2.42. The highest BCUT2D eigenvalue weighted by Gasteiger charge is 2.41. The number of aliphatic hydroxyl groups excluding tert-OH is 1. The normalized spacial score (nSPS) is 22.1. The lowest BCUT2D eigenvalue weighted by atomic mass is 9.88. The van der Waals surface area contributed by atoms with Gasteiger partial charge in [0.1, 0.15) is 23.4 Å². The molecule has 4 N–H and O–H groups in total. The maximum atomic E-state index is 11.3. The maximum Gasteiger partial charge on any atom is 0.231 e. The minimum atomic E-state index is -1.34. The predicted molar refractivity (Wildman–Crippen MR) is 142 cm³/mol. The molecule has 4 aromatic rings. The first-order valence-corrected chi connectivity index (χ1v) is 13.0. The summed E-state index contributed by atoms with van der Waals surface area (Å²) in [6.45, 7) is 1.65. The number of nitrogens with two attached hydrogens (primary N) is 1. The highest BCUT2D eigenvalue weighted by molar-refractivity contribution is 5.88. The number of anilines is 1. The first-order chi connectivity index (χ1) is 18.4. The van der Waals surface area contributed by atoms with Gasteiger partial charge in [-0.2, -0.15) is 5.10 Å². The Kier molecular flexibility index (Phi) is 6.34. The van der Waals surface area contributed by atoms with Crippen molar-refractivity contribution in [2.45, 2.75) is 50.1 Å². The SMILES string of the molecule is NC(=O)CN1CC[C@](O)(Cn2ccc3c(N(Cc4ccc(-n5cccn5)cc4)C4CC4)ncnc32)[C@@H](O)C1. The van der Waals surface area contributed by atoms with Gasteiger partial charge in [-0.15, -0.1) is 0 Å².